The molecule has 5 fully saturated rings. The van der Waals surface area contributed by atoms with Gasteiger partial charge >= 0.3 is 0 Å². The molecule has 25 heavy (non-hydrogen) atoms. The summed E-state index contributed by atoms with van der Waals surface area (Å²) in [6.07, 6.45) is 27.0. The van der Waals surface area contributed by atoms with Crippen molar-refractivity contribution in [1.82, 2.24) is 0 Å². The van der Waals surface area contributed by atoms with Crippen LogP contribution in [0.5, 0.6) is 0 Å². The predicted molar refractivity (Wildman–Crippen MR) is 106 cm³/mol. The van der Waals surface area contributed by atoms with Gasteiger partial charge in [0.15, 0.2) is 0 Å². The van der Waals surface area contributed by atoms with Gasteiger partial charge in [0.25, 0.3) is 0 Å². The minimum Gasteiger partial charge on any atom is -0.0533 e. The van der Waals surface area contributed by atoms with Gasteiger partial charge in [-0.1, -0.05) is 70.6 Å². The Morgan fingerprint density at radius 1 is 0.320 bits per heavy atom. The van der Waals surface area contributed by atoms with E-state index in [0.29, 0.717) is 0 Å². The molecule has 5 rings (SSSR count). The summed E-state index contributed by atoms with van der Waals surface area (Å²) in [5.41, 5.74) is 0. The maximum absolute atomic E-state index is 1.65. The number of hydrogen-bond acceptors (Lipinski definition) is 0. The van der Waals surface area contributed by atoms with Crippen molar-refractivity contribution >= 4 is 0 Å². The fourth-order valence-corrected chi connectivity index (χ4v) is 8.91. The molecule has 0 N–H and O–H groups in total. The summed E-state index contributed by atoms with van der Waals surface area (Å²) in [5, 5.41) is 0. The van der Waals surface area contributed by atoms with Gasteiger partial charge < -0.3 is 0 Å². The normalized spacial score (nSPS) is 48.7. The van der Waals surface area contributed by atoms with Crippen LogP contribution < -0.4 is 0 Å². The molecule has 0 aliphatic heterocycles. The maximum Gasteiger partial charge on any atom is -0.0324 e. The summed E-state index contributed by atoms with van der Waals surface area (Å²) in [7, 11) is 0. The standard InChI is InChI=1S/C25H42/c1-2-8-18(9-3-1)19-14-15-22(16-19)25-23-12-6-4-10-20(23)17-21-11-5-7-13-24(21)25/h18-25H,1-17H2. The molecule has 0 heterocycles. The Morgan fingerprint density at radius 2 is 0.800 bits per heavy atom. The largest absolute Gasteiger partial charge is 0.0533 e. The lowest BCUT2D eigenvalue weighted by Gasteiger charge is -2.53. The number of hydrogen-bond donors (Lipinski definition) is 0. The molecule has 0 spiro atoms. The molecular formula is C25H42. The highest BCUT2D eigenvalue weighted by Crippen LogP contribution is 2.58. The van der Waals surface area contributed by atoms with Crippen molar-refractivity contribution in [2.45, 2.75) is 109 Å². The van der Waals surface area contributed by atoms with Crippen LogP contribution in [0.15, 0.2) is 0 Å². The summed E-state index contributed by atoms with van der Waals surface area (Å²) in [6.45, 7) is 0. The average molecular weight is 343 g/mol. The second-order valence-electron chi connectivity index (χ2n) is 11.0. The molecular weight excluding hydrogens is 300 g/mol. The van der Waals surface area contributed by atoms with Crippen LogP contribution in [0, 0.1) is 47.3 Å². The van der Waals surface area contributed by atoms with Gasteiger partial charge in [0.2, 0.25) is 0 Å². The molecule has 0 aromatic rings. The summed E-state index contributed by atoms with van der Waals surface area (Å²) in [5.74, 6) is 9.18. The van der Waals surface area contributed by atoms with E-state index in [4.69, 9.17) is 0 Å². The molecule has 0 bridgehead atoms. The van der Waals surface area contributed by atoms with E-state index in [2.05, 4.69) is 0 Å². The SMILES string of the molecule is C1CCC(C2CCC(C3C4CCCCC4CC4CCCCC43)C2)CC1. The Hall–Kier alpha value is 0. The number of fused-ring (bicyclic) bond motifs is 2. The van der Waals surface area contributed by atoms with Crippen LogP contribution >= 0.6 is 0 Å². The average Bonchev–Trinajstić information content (AvgIpc) is 3.16. The zero-order chi connectivity index (χ0) is 16.6. The highest BCUT2D eigenvalue weighted by molar-refractivity contribution is 4.99. The van der Waals surface area contributed by atoms with Crippen molar-refractivity contribution in [3.8, 4) is 0 Å². The number of rotatable bonds is 2. The first-order valence-electron chi connectivity index (χ1n) is 12.4. The molecule has 6 atom stereocenters. The fourth-order valence-electron chi connectivity index (χ4n) is 8.91. The van der Waals surface area contributed by atoms with E-state index in [1.807, 2.05) is 0 Å². The second-order valence-corrected chi connectivity index (χ2v) is 11.0. The molecule has 0 amide bonds. The molecule has 5 aliphatic carbocycles. The summed E-state index contributed by atoms with van der Waals surface area (Å²) in [4.78, 5) is 0. The first kappa shape index (κ1) is 17.1. The van der Waals surface area contributed by atoms with E-state index < -0.39 is 0 Å². The van der Waals surface area contributed by atoms with Crippen LogP contribution in [0.25, 0.3) is 0 Å². The van der Waals surface area contributed by atoms with Crippen LogP contribution in [0.1, 0.15) is 109 Å². The minimum atomic E-state index is 1.13. The van der Waals surface area contributed by atoms with Crippen LogP contribution in [-0.4, -0.2) is 0 Å². The lowest BCUT2D eigenvalue weighted by Crippen LogP contribution is -2.45. The Labute approximate surface area is 156 Å². The topological polar surface area (TPSA) is 0 Å². The van der Waals surface area contributed by atoms with E-state index in [1.165, 1.54) is 6.42 Å². The molecule has 0 nitrogen and oxygen atoms in total. The molecule has 0 saturated heterocycles. The lowest BCUT2D eigenvalue weighted by atomic mass is 9.52. The Balaban J connectivity index is 1.32. The van der Waals surface area contributed by atoms with Gasteiger partial charge in [0, 0.05) is 0 Å². The zero-order valence-electron chi connectivity index (χ0n) is 16.6. The quantitative estimate of drug-likeness (QED) is 0.484. The first-order chi connectivity index (χ1) is 12.4. The highest BCUT2D eigenvalue weighted by atomic mass is 14.5. The van der Waals surface area contributed by atoms with Gasteiger partial charge in [-0.25, -0.2) is 0 Å². The lowest BCUT2D eigenvalue weighted by molar-refractivity contribution is -0.0404. The van der Waals surface area contributed by atoms with Gasteiger partial charge in [-0.2, -0.15) is 0 Å². The molecule has 0 heteroatoms. The Bertz CT molecular complexity index is 411. The smallest absolute Gasteiger partial charge is 0.0324 e. The third kappa shape index (κ3) is 3.34. The van der Waals surface area contributed by atoms with Crippen molar-refractivity contribution in [3.63, 3.8) is 0 Å². The third-order valence-corrected chi connectivity index (χ3v) is 9.90. The first-order valence-corrected chi connectivity index (χ1v) is 12.4. The third-order valence-electron chi connectivity index (χ3n) is 9.90. The monoisotopic (exact) mass is 342 g/mol. The van der Waals surface area contributed by atoms with Crippen molar-refractivity contribution in [1.29, 1.82) is 0 Å². The van der Waals surface area contributed by atoms with Crippen molar-refractivity contribution in [2.75, 3.05) is 0 Å². The van der Waals surface area contributed by atoms with Crippen LogP contribution in [0.2, 0.25) is 0 Å². The summed E-state index contributed by atoms with van der Waals surface area (Å²) < 4.78 is 0. The van der Waals surface area contributed by atoms with Crippen molar-refractivity contribution < 1.29 is 0 Å². The van der Waals surface area contributed by atoms with Crippen molar-refractivity contribution in [2.24, 2.45) is 47.3 Å². The summed E-state index contributed by atoms with van der Waals surface area (Å²) >= 11 is 0. The van der Waals surface area contributed by atoms with Crippen LogP contribution in [0.3, 0.4) is 0 Å². The van der Waals surface area contributed by atoms with E-state index in [0.717, 1.165) is 47.3 Å². The van der Waals surface area contributed by atoms with E-state index >= 15 is 0 Å². The predicted octanol–water partition coefficient (Wildman–Crippen LogP) is 7.62. The molecule has 0 aromatic carbocycles. The van der Waals surface area contributed by atoms with E-state index in [-0.39, 0.29) is 0 Å². The van der Waals surface area contributed by atoms with Gasteiger partial charge in [-0.3, -0.25) is 0 Å². The molecule has 6 unspecified atom stereocenters. The Kier molecular flexibility index (Phi) is 5.17. The van der Waals surface area contributed by atoms with E-state index in [9.17, 15) is 0 Å². The molecule has 5 aliphatic rings. The Morgan fingerprint density at radius 3 is 1.48 bits per heavy atom. The molecule has 0 radical (unpaired) electrons. The molecule has 142 valence electrons. The summed E-state index contributed by atoms with van der Waals surface area (Å²) in [6, 6.07) is 0. The van der Waals surface area contributed by atoms with Crippen LogP contribution in [-0.2, 0) is 0 Å². The van der Waals surface area contributed by atoms with Gasteiger partial charge in [-0.15, -0.1) is 0 Å². The van der Waals surface area contributed by atoms with Gasteiger partial charge in [0.1, 0.15) is 0 Å². The van der Waals surface area contributed by atoms with Crippen LogP contribution in [0.4, 0.5) is 0 Å². The maximum atomic E-state index is 1.65. The van der Waals surface area contributed by atoms with E-state index in [1.54, 1.807) is 103 Å². The van der Waals surface area contributed by atoms with Gasteiger partial charge in [0.05, 0.1) is 0 Å². The molecule has 0 aromatic heterocycles. The molecule has 5 saturated carbocycles. The van der Waals surface area contributed by atoms with Crippen molar-refractivity contribution in [3.05, 3.63) is 0 Å². The second kappa shape index (κ2) is 7.55. The minimum absolute atomic E-state index is 1.13. The zero-order valence-corrected chi connectivity index (χ0v) is 16.6. The van der Waals surface area contributed by atoms with Gasteiger partial charge in [-0.05, 0) is 85.9 Å². The highest BCUT2D eigenvalue weighted by Gasteiger charge is 2.49. The fraction of sp³-hybridized carbons (Fsp3) is 1.00.